The Balaban J connectivity index is 3.20. The van der Waals surface area contributed by atoms with E-state index in [0.29, 0.717) is 18.9 Å². The van der Waals surface area contributed by atoms with Crippen LogP contribution in [0.3, 0.4) is 0 Å². The molecule has 2 unspecified atom stereocenters. The minimum atomic E-state index is -0.782. The van der Waals surface area contributed by atoms with Crippen molar-refractivity contribution in [1.82, 2.24) is 0 Å². The second-order valence-corrected chi connectivity index (χ2v) is 6.05. The van der Waals surface area contributed by atoms with Crippen LogP contribution in [-0.4, -0.2) is 24.8 Å². The van der Waals surface area contributed by atoms with Gasteiger partial charge in [-0.2, -0.15) is 0 Å². The summed E-state index contributed by atoms with van der Waals surface area (Å²) in [5, 5.41) is 9.83. The van der Waals surface area contributed by atoms with Crippen molar-refractivity contribution in [1.29, 1.82) is 0 Å². The maximum atomic E-state index is 12.0. The summed E-state index contributed by atoms with van der Waals surface area (Å²) < 4.78 is 5.16. The average Bonchev–Trinajstić information content (AvgIpc) is 2.26. The van der Waals surface area contributed by atoms with Crippen LogP contribution in [0.1, 0.15) is 40.5 Å². The molecule has 2 atom stereocenters. The molecule has 0 heterocycles. The molecule has 1 aliphatic rings. The summed E-state index contributed by atoms with van der Waals surface area (Å²) >= 11 is 0. The number of ether oxygens (including phenoxy) is 1. The van der Waals surface area contributed by atoms with E-state index in [0.717, 1.165) is 17.6 Å². The van der Waals surface area contributed by atoms with Gasteiger partial charge in [0.2, 0.25) is 0 Å². The van der Waals surface area contributed by atoms with Crippen molar-refractivity contribution < 1.29 is 14.6 Å². The second-order valence-electron chi connectivity index (χ2n) is 6.05. The van der Waals surface area contributed by atoms with Gasteiger partial charge in [-0.3, -0.25) is 4.79 Å². The first-order chi connectivity index (χ1) is 8.83. The highest BCUT2D eigenvalue weighted by molar-refractivity contribution is 5.79. The molecule has 0 aliphatic heterocycles. The fourth-order valence-electron chi connectivity index (χ4n) is 3.31. The van der Waals surface area contributed by atoms with Crippen molar-refractivity contribution in [3.8, 4) is 0 Å². The summed E-state index contributed by atoms with van der Waals surface area (Å²) in [5.41, 5.74) is 1.42. The van der Waals surface area contributed by atoms with E-state index in [1.165, 1.54) is 0 Å². The van der Waals surface area contributed by atoms with E-state index < -0.39 is 11.4 Å². The summed E-state index contributed by atoms with van der Waals surface area (Å²) in [6, 6.07) is 0. The summed E-state index contributed by atoms with van der Waals surface area (Å²) in [6.45, 7) is 8.77. The molecule has 0 saturated heterocycles. The minimum absolute atomic E-state index is 0.0241. The van der Waals surface area contributed by atoms with Crippen molar-refractivity contribution in [2.45, 2.75) is 40.5 Å². The molecule has 0 spiro atoms. The summed E-state index contributed by atoms with van der Waals surface area (Å²) in [4.78, 5) is 12.0. The van der Waals surface area contributed by atoms with E-state index in [9.17, 15) is 9.90 Å². The SMILES string of the molecule is COCCC1C(C)=CC(C)=CC1(CC(C)C)C(=O)O. The van der Waals surface area contributed by atoms with Gasteiger partial charge in [-0.25, -0.2) is 0 Å². The fourth-order valence-corrected chi connectivity index (χ4v) is 3.31. The summed E-state index contributed by atoms with van der Waals surface area (Å²) in [7, 11) is 1.66. The molecule has 1 aliphatic carbocycles. The number of carbonyl (C=O) groups is 1. The molecular formula is C16H26O3. The molecule has 3 nitrogen and oxygen atoms in total. The lowest BCUT2D eigenvalue weighted by atomic mass is 9.63. The van der Waals surface area contributed by atoms with Crippen molar-refractivity contribution in [2.24, 2.45) is 17.3 Å². The Morgan fingerprint density at radius 2 is 2.11 bits per heavy atom. The van der Waals surface area contributed by atoms with Crippen LogP contribution >= 0.6 is 0 Å². The summed E-state index contributed by atoms with van der Waals surface area (Å²) in [5.74, 6) is -0.346. The lowest BCUT2D eigenvalue weighted by Crippen LogP contribution is -2.41. The standard InChI is InChI=1S/C16H26O3/c1-11(2)9-16(15(17)18)10-12(3)8-13(4)14(16)6-7-19-5/h8,10-11,14H,6-7,9H2,1-5H3,(H,17,18). The fraction of sp³-hybridized carbons (Fsp3) is 0.688. The van der Waals surface area contributed by atoms with E-state index in [2.05, 4.69) is 19.9 Å². The third-order valence-corrected chi connectivity index (χ3v) is 3.87. The van der Waals surface area contributed by atoms with E-state index in [1.807, 2.05) is 19.9 Å². The van der Waals surface area contributed by atoms with Crippen molar-refractivity contribution >= 4 is 5.97 Å². The third kappa shape index (κ3) is 3.47. The monoisotopic (exact) mass is 266 g/mol. The molecule has 0 bridgehead atoms. The molecule has 0 saturated carbocycles. The number of carboxylic acid groups (broad SMARTS) is 1. The predicted molar refractivity (Wildman–Crippen MR) is 77.0 cm³/mol. The van der Waals surface area contributed by atoms with E-state index in [-0.39, 0.29) is 5.92 Å². The highest BCUT2D eigenvalue weighted by Crippen LogP contribution is 2.46. The van der Waals surface area contributed by atoms with Crippen LogP contribution in [0.5, 0.6) is 0 Å². The first-order valence-corrected chi connectivity index (χ1v) is 6.93. The molecule has 0 amide bonds. The van der Waals surface area contributed by atoms with Gasteiger partial charge in [0.25, 0.3) is 0 Å². The van der Waals surface area contributed by atoms with Crippen molar-refractivity contribution in [2.75, 3.05) is 13.7 Å². The van der Waals surface area contributed by atoms with E-state index in [1.54, 1.807) is 7.11 Å². The Labute approximate surface area is 116 Å². The van der Waals surface area contributed by atoms with Crippen LogP contribution < -0.4 is 0 Å². The maximum Gasteiger partial charge on any atom is 0.314 e. The van der Waals surface area contributed by atoms with Gasteiger partial charge in [-0.15, -0.1) is 0 Å². The topological polar surface area (TPSA) is 46.5 Å². The Morgan fingerprint density at radius 3 is 2.58 bits per heavy atom. The zero-order valence-corrected chi connectivity index (χ0v) is 12.7. The van der Waals surface area contributed by atoms with Crippen LogP contribution in [0.2, 0.25) is 0 Å². The van der Waals surface area contributed by atoms with Crippen LogP contribution in [0.25, 0.3) is 0 Å². The van der Waals surface area contributed by atoms with Gasteiger partial charge in [-0.05, 0) is 32.6 Å². The number of allylic oxidation sites excluding steroid dienone is 3. The smallest absolute Gasteiger partial charge is 0.314 e. The van der Waals surface area contributed by atoms with Crippen LogP contribution in [0.15, 0.2) is 23.3 Å². The minimum Gasteiger partial charge on any atom is -0.481 e. The average molecular weight is 266 g/mol. The molecule has 0 aromatic heterocycles. The number of methoxy groups -OCH3 is 1. The first kappa shape index (κ1) is 16.0. The van der Waals surface area contributed by atoms with Crippen LogP contribution in [0, 0.1) is 17.3 Å². The number of hydrogen-bond donors (Lipinski definition) is 1. The Bertz CT molecular complexity index is 393. The number of rotatable bonds is 6. The van der Waals surface area contributed by atoms with Gasteiger partial charge >= 0.3 is 5.97 Å². The normalized spacial score (nSPS) is 27.2. The van der Waals surface area contributed by atoms with Gasteiger partial charge in [0.15, 0.2) is 0 Å². The largest absolute Gasteiger partial charge is 0.481 e. The molecule has 0 radical (unpaired) electrons. The third-order valence-electron chi connectivity index (χ3n) is 3.87. The van der Waals surface area contributed by atoms with Crippen LogP contribution in [0.4, 0.5) is 0 Å². The quantitative estimate of drug-likeness (QED) is 0.798. The number of aliphatic carboxylic acids is 1. The Morgan fingerprint density at radius 1 is 1.47 bits per heavy atom. The molecule has 1 rings (SSSR count). The van der Waals surface area contributed by atoms with Gasteiger partial charge < -0.3 is 9.84 Å². The van der Waals surface area contributed by atoms with Gasteiger partial charge in [-0.1, -0.05) is 37.1 Å². The number of hydrogen-bond acceptors (Lipinski definition) is 2. The van der Waals surface area contributed by atoms with E-state index >= 15 is 0 Å². The Hall–Kier alpha value is -1.09. The van der Waals surface area contributed by atoms with Gasteiger partial charge in [0.1, 0.15) is 0 Å². The lowest BCUT2D eigenvalue weighted by Gasteiger charge is -2.40. The Kier molecular flexibility index (Phi) is 5.36. The molecule has 3 heteroatoms. The zero-order chi connectivity index (χ0) is 14.6. The van der Waals surface area contributed by atoms with Crippen molar-refractivity contribution in [3.05, 3.63) is 23.3 Å². The van der Waals surface area contributed by atoms with Crippen molar-refractivity contribution in [3.63, 3.8) is 0 Å². The maximum absolute atomic E-state index is 12.0. The second kappa shape index (κ2) is 6.38. The van der Waals surface area contributed by atoms with Gasteiger partial charge in [0.05, 0.1) is 5.41 Å². The van der Waals surface area contributed by atoms with E-state index in [4.69, 9.17) is 4.74 Å². The lowest BCUT2D eigenvalue weighted by molar-refractivity contribution is -0.149. The molecule has 0 aromatic rings. The highest BCUT2D eigenvalue weighted by Gasteiger charge is 2.46. The first-order valence-electron chi connectivity index (χ1n) is 6.93. The molecule has 1 N–H and O–H groups in total. The van der Waals surface area contributed by atoms with Gasteiger partial charge in [0, 0.05) is 19.6 Å². The molecule has 19 heavy (non-hydrogen) atoms. The van der Waals surface area contributed by atoms with Crippen LogP contribution in [-0.2, 0) is 9.53 Å². The predicted octanol–water partition coefficient (Wildman–Crippen LogP) is 3.66. The molecular weight excluding hydrogens is 240 g/mol. The number of carboxylic acids is 1. The zero-order valence-electron chi connectivity index (χ0n) is 12.7. The summed E-state index contributed by atoms with van der Waals surface area (Å²) in [6.07, 6.45) is 5.46. The molecule has 0 fully saturated rings. The highest BCUT2D eigenvalue weighted by atomic mass is 16.5. The molecule has 0 aromatic carbocycles. The molecule has 108 valence electrons.